The number of thiophene rings is 1. The van der Waals surface area contributed by atoms with Crippen molar-refractivity contribution < 1.29 is 4.39 Å². The fraction of sp³-hybridized carbons (Fsp3) is 0.231. The highest BCUT2D eigenvalue weighted by molar-refractivity contribution is 7.10. The van der Waals surface area contributed by atoms with Crippen LogP contribution in [-0.4, -0.2) is 6.54 Å². The van der Waals surface area contributed by atoms with Crippen LogP contribution in [0, 0.1) is 5.82 Å². The molecule has 2 rings (SSSR count). The molecule has 4 heteroatoms. The molecule has 90 valence electrons. The first-order chi connectivity index (χ1) is 8.24. The summed E-state index contributed by atoms with van der Waals surface area (Å²) in [7, 11) is 0. The molecule has 0 spiro atoms. The lowest BCUT2D eigenvalue weighted by Gasteiger charge is -2.03. The molecule has 0 fully saturated rings. The first-order valence-electron chi connectivity index (χ1n) is 5.42. The minimum absolute atomic E-state index is 0.185. The van der Waals surface area contributed by atoms with Gasteiger partial charge in [-0.15, -0.1) is 11.3 Å². The van der Waals surface area contributed by atoms with E-state index in [1.54, 1.807) is 11.3 Å². The topological polar surface area (TPSA) is 12.0 Å². The summed E-state index contributed by atoms with van der Waals surface area (Å²) in [6.07, 6.45) is 0.902. The van der Waals surface area contributed by atoms with Crippen LogP contribution in [0.3, 0.4) is 0 Å². The molecule has 2 aromatic rings. The average Bonchev–Trinajstić information content (AvgIpc) is 2.73. The third-order valence-corrected chi connectivity index (χ3v) is 3.71. The summed E-state index contributed by atoms with van der Waals surface area (Å²) in [4.78, 5) is 1.23. The van der Waals surface area contributed by atoms with Gasteiger partial charge in [-0.3, -0.25) is 0 Å². The maximum absolute atomic E-state index is 12.7. The summed E-state index contributed by atoms with van der Waals surface area (Å²) in [6, 6.07) is 8.60. The van der Waals surface area contributed by atoms with Gasteiger partial charge >= 0.3 is 0 Å². The molecule has 1 heterocycles. The van der Waals surface area contributed by atoms with Gasteiger partial charge in [0.05, 0.1) is 5.02 Å². The van der Waals surface area contributed by atoms with Crippen LogP contribution in [0.5, 0.6) is 0 Å². The Hall–Kier alpha value is -0.900. The van der Waals surface area contributed by atoms with E-state index < -0.39 is 0 Å². The normalized spacial score (nSPS) is 10.7. The fourth-order valence-electron chi connectivity index (χ4n) is 1.54. The molecule has 0 radical (unpaired) electrons. The predicted octanol–water partition coefficient (Wildman–Crippen LogP) is 3.87. The van der Waals surface area contributed by atoms with Crippen LogP contribution < -0.4 is 5.32 Å². The largest absolute Gasteiger partial charge is 0.312 e. The molecule has 0 bridgehead atoms. The van der Waals surface area contributed by atoms with Crippen molar-refractivity contribution in [3.8, 4) is 0 Å². The molecule has 0 aliphatic carbocycles. The Morgan fingerprint density at radius 3 is 2.65 bits per heavy atom. The van der Waals surface area contributed by atoms with E-state index in [0.717, 1.165) is 30.1 Å². The Bertz CT molecular complexity index is 467. The quantitative estimate of drug-likeness (QED) is 0.813. The molecular weight excluding hydrogens is 257 g/mol. The van der Waals surface area contributed by atoms with Crippen molar-refractivity contribution >= 4 is 22.9 Å². The van der Waals surface area contributed by atoms with E-state index in [2.05, 4.69) is 5.32 Å². The molecule has 0 unspecified atom stereocenters. The van der Waals surface area contributed by atoms with Gasteiger partial charge in [-0.2, -0.15) is 0 Å². The zero-order valence-corrected chi connectivity index (χ0v) is 10.8. The van der Waals surface area contributed by atoms with Crippen LogP contribution >= 0.6 is 22.9 Å². The molecule has 0 aliphatic rings. The van der Waals surface area contributed by atoms with Gasteiger partial charge in [0.15, 0.2) is 0 Å². The molecule has 0 aliphatic heterocycles. The Morgan fingerprint density at radius 1 is 1.24 bits per heavy atom. The lowest BCUT2D eigenvalue weighted by atomic mass is 10.1. The fourth-order valence-corrected chi connectivity index (χ4v) is 2.58. The third-order valence-electron chi connectivity index (χ3n) is 2.42. The summed E-state index contributed by atoms with van der Waals surface area (Å²) in [5.74, 6) is -0.185. The number of hydrogen-bond donors (Lipinski definition) is 1. The van der Waals surface area contributed by atoms with Gasteiger partial charge in [0.25, 0.3) is 0 Å². The van der Waals surface area contributed by atoms with Crippen molar-refractivity contribution in [1.29, 1.82) is 0 Å². The maximum atomic E-state index is 12.7. The predicted molar refractivity (Wildman–Crippen MR) is 71.1 cm³/mol. The SMILES string of the molecule is Fc1ccc(CCNCc2cc(Cl)cs2)cc1. The molecule has 1 N–H and O–H groups in total. The zero-order chi connectivity index (χ0) is 12.1. The number of nitrogens with one attached hydrogen (secondary N) is 1. The van der Waals surface area contributed by atoms with Crippen LogP contribution in [0.25, 0.3) is 0 Å². The highest BCUT2D eigenvalue weighted by Gasteiger charge is 1.98. The third kappa shape index (κ3) is 4.11. The van der Waals surface area contributed by atoms with E-state index in [-0.39, 0.29) is 5.82 Å². The average molecular weight is 270 g/mol. The van der Waals surface area contributed by atoms with E-state index in [1.165, 1.54) is 17.0 Å². The highest BCUT2D eigenvalue weighted by atomic mass is 35.5. The second kappa shape index (κ2) is 6.15. The summed E-state index contributed by atoms with van der Waals surface area (Å²) in [6.45, 7) is 1.71. The van der Waals surface area contributed by atoms with Gasteiger partial charge in [0.2, 0.25) is 0 Å². The lowest BCUT2D eigenvalue weighted by Crippen LogP contribution is -2.15. The lowest BCUT2D eigenvalue weighted by molar-refractivity contribution is 0.626. The second-order valence-electron chi connectivity index (χ2n) is 3.78. The Balaban J connectivity index is 1.71. The molecule has 0 amide bonds. The van der Waals surface area contributed by atoms with Gasteiger partial charge in [-0.05, 0) is 36.7 Å². The molecular formula is C13H13ClFNS. The Kier molecular flexibility index (Phi) is 4.54. The van der Waals surface area contributed by atoms with Crippen LogP contribution in [0.4, 0.5) is 4.39 Å². The summed E-state index contributed by atoms with van der Waals surface area (Å²) < 4.78 is 12.7. The minimum atomic E-state index is -0.185. The first kappa shape index (κ1) is 12.6. The van der Waals surface area contributed by atoms with Crippen LogP contribution in [0.2, 0.25) is 5.02 Å². The number of hydrogen-bond acceptors (Lipinski definition) is 2. The zero-order valence-electron chi connectivity index (χ0n) is 9.25. The molecule has 0 atom stereocenters. The summed E-state index contributed by atoms with van der Waals surface area (Å²) >= 11 is 7.48. The smallest absolute Gasteiger partial charge is 0.123 e. The molecule has 1 nitrogen and oxygen atoms in total. The van der Waals surface area contributed by atoms with E-state index >= 15 is 0 Å². The molecule has 0 saturated carbocycles. The monoisotopic (exact) mass is 269 g/mol. The van der Waals surface area contributed by atoms with Crippen molar-refractivity contribution in [1.82, 2.24) is 5.32 Å². The van der Waals surface area contributed by atoms with E-state index in [4.69, 9.17) is 11.6 Å². The van der Waals surface area contributed by atoms with Crippen LogP contribution in [-0.2, 0) is 13.0 Å². The number of halogens is 2. The molecule has 1 aromatic carbocycles. The van der Waals surface area contributed by atoms with Crippen molar-refractivity contribution in [3.05, 3.63) is 57.0 Å². The maximum Gasteiger partial charge on any atom is 0.123 e. The van der Waals surface area contributed by atoms with Gasteiger partial charge in [-0.1, -0.05) is 23.7 Å². The molecule has 1 aromatic heterocycles. The number of rotatable bonds is 5. The van der Waals surface area contributed by atoms with Gasteiger partial charge < -0.3 is 5.32 Å². The van der Waals surface area contributed by atoms with E-state index in [0.29, 0.717) is 0 Å². The van der Waals surface area contributed by atoms with Crippen molar-refractivity contribution in [2.24, 2.45) is 0 Å². The van der Waals surface area contributed by atoms with Gasteiger partial charge in [0, 0.05) is 16.8 Å². The van der Waals surface area contributed by atoms with Crippen molar-refractivity contribution in [2.45, 2.75) is 13.0 Å². The van der Waals surface area contributed by atoms with Crippen LogP contribution in [0.15, 0.2) is 35.7 Å². The second-order valence-corrected chi connectivity index (χ2v) is 5.22. The minimum Gasteiger partial charge on any atom is -0.312 e. The Labute approximate surface area is 109 Å². The number of benzene rings is 1. The van der Waals surface area contributed by atoms with Crippen molar-refractivity contribution in [2.75, 3.05) is 6.54 Å². The van der Waals surface area contributed by atoms with Gasteiger partial charge in [-0.25, -0.2) is 4.39 Å². The molecule has 0 saturated heterocycles. The van der Waals surface area contributed by atoms with E-state index in [9.17, 15) is 4.39 Å². The molecule has 17 heavy (non-hydrogen) atoms. The van der Waals surface area contributed by atoms with Crippen LogP contribution in [0.1, 0.15) is 10.4 Å². The Morgan fingerprint density at radius 2 is 2.00 bits per heavy atom. The first-order valence-corrected chi connectivity index (χ1v) is 6.68. The summed E-state index contributed by atoms with van der Waals surface area (Å²) in [5.41, 5.74) is 1.14. The standard InChI is InChI=1S/C13H13ClFNS/c14-11-7-13(17-9-11)8-16-6-5-10-1-3-12(15)4-2-10/h1-4,7,9,16H,5-6,8H2. The van der Waals surface area contributed by atoms with Gasteiger partial charge in [0.1, 0.15) is 5.82 Å². The van der Waals surface area contributed by atoms with Crippen molar-refractivity contribution in [3.63, 3.8) is 0 Å². The van der Waals surface area contributed by atoms with E-state index in [1.807, 2.05) is 23.6 Å². The highest BCUT2D eigenvalue weighted by Crippen LogP contribution is 2.18. The summed E-state index contributed by atoms with van der Waals surface area (Å²) in [5, 5.41) is 6.06.